The van der Waals surface area contributed by atoms with Gasteiger partial charge in [-0.3, -0.25) is 14.6 Å². The molecule has 0 radical (unpaired) electrons. The van der Waals surface area contributed by atoms with E-state index in [-0.39, 0.29) is 24.0 Å². The lowest BCUT2D eigenvalue weighted by atomic mass is 10.0. The maximum absolute atomic E-state index is 12.4. The van der Waals surface area contributed by atoms with Crippen molar-refractivity contribution in [1.29, 1.82) is 0 Å². The van der Waals surface area contributed by atoms with E-state index in [1.54, 1.807) is 23.2 Å². The van der Waals surface area contributed by atoms with E-state index in [1.807, 2.05) is 36.4 Å². The molecule has 1 saturated heterocycles. The Morgan fingerprint density at radius 3 is 2.92 bits per heavy atom. The minimum Gasteiger partial charge on any atom is -0.484 e. The van der Waals surface area contributed by atoms with Gasteiger partial charge in [-0.15, -0.1) is 0 Å². The summed E-state index contributed by atoms with van der Waals surface area (Å²) in [6, 6.07) is 14.7. The molecule has 26 heavy (non-hydrogen) atoms. The first-order valence-electron chi connectivity index (χ1n) is 8.64. The van der Waals surface area contributed by atoms with Crippen LogP contribution < -0.4 is 10.3 Å². The summed E-state index contributed by atoms with van der Waals surface area (Å²) in [5.74, 6) is 0.744. The molecule has 6 nitrogen and oxygen atoms in total. The fourth-order valence-electron chi connectivity index (χ4n) is 3.32. The number of benzene rings is 1. The van der Waals surface area contributed by atoms with Crippen LogP contribution >= 0.6 is 0 Å². The normalized spacial score (nSPS) is 16.8. The molecule has 2 aromatic heterocycles. The van der Waals surface area contributed by atoms with Crippen molar-refractivity contribution in [2.75, 3.05) is 19.7 Å². The molecule has 1 fully saturated rings. The molecule has 1 aliphatic rings. The van der Waals surface area contributed by atoms with Gasteiger partial charge in [-0.2, -0.15) is 0 Å². The molecular formula is C20H19N3O3. The van der Waals surface area contributed by atoms with E-state index in [2.05, 4.69) is 9.97 Å². The van der Waals surface area contributed by atoms with Crippen LogP contribution in [-0.4, -0.2) is 40.5 Å². The van der Waals surface area contributed by atoms with E-state index >= 15 is 0 Å². The Kier molecular flexibility index (Phi) is 4.39. The first-order valence-corrected chi connectivity index (χ1v) is 8.64. The van der Waals surface area contributed by atoms with Gasteiger partial charge in [0.2, 0.25) is 0 Å². The Bertz CT molecular complexity index is 984. The number of nitrogens with zero attached hydrogens (tertiary/aromatic N) is 2. The topological polar surface area (TPSA) is 75.3 Å². The highest BCUT2D eigenvalue weighted by Gasteiger charge is 2.28. The number of pyridine rings is 2. The number of carbonyl (C=O) groups excluding carboxylic acids is 1. The Morgan fingerprint density at radius 2 is 2.08 bits per heavy atom. The smallest absolute Gasteiger partial charge is 0.260 e. The third-order valence-corrected chi connectivity index (χ3v) is 4.72. The molecule has 0 saturated carbocycles. The maximum atomic E-state index is 12.4. The molecule has 1 unspecified atom stereocenters. The van der Waals surface area contributed by atoms with Crippen molar-refractivity contribution >= 4 is 16.8 Å². The lowest BCUT2D eigenvalue weighted by molar-refractivity contribution is -0.132. The molecule has 1 N–H and O–H groups in total. The van der Waals surface area contributed by atoms with E-state index in [9.17, 15) is 9.59 Å². The number of H-pyrrole nitrogens is 1. The van der Waals surface area contributed by atoms with Crippen LogP contribution in [0.15, 0.2) is 59.5 Å². The second-order valence-corrected chi connectivity index (χ2v) is 6.42. The zero-order chi connectivity index (χ0) is 17.9. The van der Waals surface area contributed by atoms with Gasteiger partial charge in [-0.1, -0.05) is 18.2 Å². The SMILES string of the molecule is O=C(COc1ccccc1)N1CCC(c2cc3ncccc3c(=O)[nH]2)C1. The van der Waals surface area contributed by atoms with Gasteiger partial charge in [0.15, 0.2) is 6.61 Å². The van der Waals surface area contributed by atoms with E-state index in [4.69, 9.17) is 4.74 Å². The van der Waals surface area contributed by atoms with Gasteiger partial charge in [0.1, 0.15) is 5.75 Å². The number of hydrogen-bond acceptors (Lipinski definition) is 4. The summed E-state index contributed by atoms with van der Waals surface area (Å²) in [7, 11) is 0. The number of hydrogen-bond donors (Lipinski definition) is 1. The highest BCUT2D eigenvalue weighted by Crippen LogP contribution is 2.26. The molecule has 1 aromatic carbocycles. The highest BCUT2D eigenvalue weighted by atomic mass is 16.5. The van der Waals surface area contributed by atoms with Crippen molar-refractivity contribution < 1.29 is 9.53 Å². The van der Waals surface area contributed by atoms with Crippen LogP contribution in [-0.2, 0) is 4.79 Å². The Balaban J connectivity index is 1.43. The quantitative estimate of drug-likeness (QED) is 0.784. The Morgan fingerprint density at radius 1 is 1.23 bits per heavy atom. The average Bonchev–Trinajstić information content (AvgIpc) is 3.17. The van der Waals surface area contributed by atoms with Crippen LogP contribution in [0.25, 0.3) is 10.9 Å². The number of para-hydroxylation sites is 1. The molecular weight excluding hydrogens is 330 g/mol. The summed E-state index contributed by atoms with van der Waals surface area (Å²) >= 11 is 0. The number of aromatic nitrogens is 2. The number of carbonyl (C=O) groups is 1. The number of amides is 1. The Hall–Kier alpha value is -3.15. The average molecular weight is 349 g/mol. The zero-order valence-corrected chi connectivity index (χ0v) is 14.2. The van der Waals surface area contributed by atoms with Gasteiger partial charge in [0, 0.05) is 30.9 Å². The molecule has 1 amide bonds. The van der Waals surface area contributed by atoms with Gasteiger partial charge in [0.25, 0.3) is 11.5 Å². The van der Waals surface area contributed by atoms with Crippen LogP contribution in [0.2, 0.25) is 0 Å². The number of fused-ring (bicyclic) bond motifs is 1. The third kappa shape index (κ3) is 3.31. The minimum atomic E-state index is -0.136. The van der Waals surface area contributed by atoms with Gasteiger partial charge in [-0.25, -0.2) is 0 Å². The number of nitrogens with one attached hydrogen (secondary N) is 1. The number of aromatic amines is 1. The minimum absolute atomic E-state index is 0.0204. The van der Waals surface area contributed by atoms with Crippen molar-refractivity contribution in [3.05, 3.63) is 70.8 Å². The Labute approximate surface area is 150 Å². The molecule has 4 rings (SSSR count). The molecule has 1 atom stereocenters. The molecule has 1 aliphatic heterocycles. The largest absolute Gasteiger partial charge is 0.484 e. The molecule has 132 valence electrons. The zero-order valence-electron chi connectivity index (χ0n) is 14.2. The standard InChI is InChI=1S/C20H19N3O3/c24-19(13-26-15-5-2-1-3-6-15)23-10-8-14(12-23)17-11-18-16(20(25)22-17)7-4-9-21-18/h1-7,9,11,14H,8,10,12-13H2,(H,22,25). The van der Waals surface area contributed by atoms with Crippen LogP contribution in [0.1, 0.15) is 18.0 Å². The van der Waals surface area contributed by atoms with E-state index in [0.717, 1.165) is 12.1 Å². The second-order valence-electron chi connectivity index (χ2n) is 6.42. The number of ether oxygens (including phenoxy) is 1. The molecule has 0 spiro atoms. The molecule has 0 aliphatic carbocycles. The lowest BCUT2D eigenvalue weighted by Crippen LogP contribution is -2.33. The van der Waals surface area contributed by atoms with Gasteiger partial charge in [-0.05, 0) is 36.8 Å². The summed E-state index contributed by atoms with van der Waals surface area (Å²) in [4.78, 5) is 33.6. The van der Waals surface area contributed by atoms with Gasteiger partial charge >= 0.3 is 0 Å². The van der Waals surface area contributed by atoms with Crippen LogP contribution in [0, 0.1) is 0 Å². The van der Waals surface area contributed by atoms with Gasteiger partial charge in [0.05, 0.1) is 10.9 Å². The molecule has 3 heterocycles. The maximum Gasteiger partial charge on any atom is 0.260 e. The van der Waals surface area contributed by atoms with Crippen molar-refractivity contribution in [1.82, 2.24) is 14.9 Å². The predicted octanol–water partition coefficient (Wildman–Crippen LogP) is 2.32. The fraction of sp³-hybridized carbons (Fsp3) is 0.250. The van der Waals surface area contributed by atoms with Crippen LogP contribution in [0.3, 0.4) is 0 Å². The van der Waals surface area contributed by atoms with Gasteiger partial charge < -0.3 is 14.6 Å². The number of rotatable bonds is 4. The monoisotopic (exact) mass is 349 g/mol. The predicted molar refractivity (Wildman–Crippen MR) is 98.2 cm³/mol. The summed E-state index contributed by atoms with van der Waals surface area (Å²) < 4.78 is 5.54. The van der Waals surface area contributed by atoms with Crippen molar-refractivity contribution in [2.24, 2.45) is 0 Å². The lowest BCUT2D eigenvalue weighted by Gasteiger charge is -2.17. The van der Waals surface area contributed by atoms with Crippen LogP contribution in [0.5, 0.6) is 5.75 Å². The van der Waals surface area contributed by atoms with Crippen molar-refractivity contribution in [2.45, 2.75) is 12.3 Å². The van der Waals surface area contributed by atoms with Crippen molar-refractivity contribution in [3.8, 4) is 5.75 Å². The summed E-state index contributed by atoms with van der Waals surface area (Å²) in [5.41, 5.74) is 1.38. The summed E-state index contributed by atoms with van der Waals surface area (Å²) in [6.07, 6.45) is 2.49. The van der Waals surface area contributed by atoms with E-state index in [0.29, 0.717) is 29.7 Å². The highest BCUT2D eigenvalue weighted by molar-refractivity contribution is 5.79. The fourth-order valence-corrected chi connectivity index (χ4v) is 3.32. The second kappa shape index (κ2) is 7.00. The molecule has 6 heteroatoms. The molecule has 3 aromatic rings. The van der Waals surface area contributed by atoms with Crippen molar-refractivity contribution in [3.63, 3.8) is 0 Å². The molecule has 0 bridgehead atoms. The van der Waals surface area contributed by atoms with E-state index in [1.165, 1.54) is 0 Å². The summed E-state index contributed by atoms with van der Waals surface area (Å²) in [5, 5.41) is 0.582. The van der Waals surface area contributed by atoms with Crippen LogP contribution in [0.4, 0.5) is 0 Å². The first-order chi connectivity index (χ1) is 12.7. The van der Waals surface area contributed by atoms with E-state index < -0.39 is 0 Å². The first kappa shape index (κ1) is 16.3. The third-order valence-electron chi connectivity index (χ3n) is 4.72. The number of likely N-dealkylation sites (tertiary alicyclic amines) is 1. The summed E-state index contributed by atoms with van der Waals surface area (Å²) in [6.45, 7) is 1.25.